The van der Waals surface area contributed by atoms with Gasteiger partial charge in [0.25, 0.3) is 0 Å². The van der Waals surface area contributed by atoms with E-state index in [1.807, 2.05) is 0 Å². The average molecular weight is 392 g/mol. The van der Waals surface area contributed by atoms with Crippen molar-refractivity contribution < 1.29 is 29.4 Å². The number of aliphatic carboxylic acids is 1. The highest BCUT2D eigenvalue weighted by Crippen LogP contribution is 2.19. The van der Waals surface area contributed by atoms with Crippen LogP contribution in [-0.2, 0) is 25.6 Å². The van der Waals surface area contributed by atoms with Gasteiger partial charge >= 0.3 is 5.97 Å². The van der Waals surface area contributed by atoms with Gasteiger partial charge in [-0.25, -0.2) is 4.79 Å². The molecule has 0 spiro atoms. The van der Waals surface area contributed by atoms with Gasteiger partial charge in [-0.3, -0.25) is 14.4 Å². The number of nitrogens with one attached hydrogen (secondary N) is 1. The van der Waals surface area contributed by atoms with Crippen molar-refractivity contribution in [1.29, 1.82) is 0 Å². The van der Waals surface area contributed by atoms with Crippen LogP contribution < -0.4 is 16.8 Å². The molecule has 1 heterocycles. The second kappa shape index (κ2) is 9.18. The Labute approximate surface area is 161 Å². The summed E-state index contributed by atoms with van der Waals surface area (Å²) in [6.45, 7) is 0.223. The van der Waals surface area contributed by atoms with Crippen molar-refractivity contribution in [3.05, 3.63) is 29.8 Å². The minimum absolute atomic E-state index is 0.0764. The number of aromatic hydroxyl groups is 1. The van der Waals surface area contributed by atoms with E-state index in [2.05, 4.69) is 5.32 Å². The van der Waals surface area contributed by atoms with Crippen LogP contribution in [0.25, 0.3) is 0 Å². The fourth-order valence-electron chi connectivity index (χ4n) is 3.15. The van der Waals surface area contributed by atoms with Gasteiger partial charge in [0.05, 0.1) is 12.5 Å². The third-order valence-electron chi connectivity index (χ3n) is 4.57. The van der Waals surface area contributed by atoms with E-state index in [1.165, 1.54) is 12.1 Å². The van der Waals surface area contributed by atoms with Crippen molar-refractivity contribution in [1.82, 2.24) is 10.2 Å². The number of carboxylic acids is 1. The molecule has 0 unspecified atom stereocenters. The lowest BCUT2D eigenvalue weighted by Gasteiger charge is -2.27. The van der Waals surface area contributed by atoms with Crippen LogP contribution >= 0.6 is 0 Å². The SMILES string of the molecule is NC(=O)C[C@H](NC(=O)[C@@H](N)Cc1ccc(O)cc1)C(=O)N1CCC[C@@H]1C(=O)O. The first-order chi connectivity index (χ1) is 13.2. The molecule has 1 aromatic rings. The van der Waals surface area contributed by atoms with Crippen LogP contribution in [0.3, 0.4) is 0 Å². The third kappa shape index (κ3) is 5.43. The first kappa shape index (κ1) is 21.2. The van der Waals surface area contributed by atoms with Gasteiger partial charge in [0.2, 0.25) is 17.7 Å². The van der Waals surface area contributed by atoms with Crippen LogP contribution in [0.2, 0.25) is 0 Å². The number of amides is 3. The summed E-state index contributed by atoms with van der Waals surface area (Å²) >= 11 is 0. The van der Waals surface area contributed by atoms with E-state index in [1.54, 1.807) is 12.1 Å². The molecule has 10 nitrogen and oxygen atoms in total. The lowest BCUT2D eigenvalue weighted by molar-refractivity contribution is -0.149. The fraction of sp³-hybridized carbons (Fsp3) is 0.444. The molecule has 0 aliphatic carbocycles. The lowest BCUT2D eigenvalue weighted by Crippen LogP contribution is -2.55. The first-order valence-electron chi connectivity index (χ1n) is 8.84. The number of hydrogen-bond acceptors (Lipinski definition) is 6. The van der Waals surface area contributed by atoms with Gasteiger partial charge in [0, 0.05) is 6.54 Å². The number of phenols is 1. The Kier molecular flexibility index (Phi) is 6.94. The maximum absolute atomic E-state index is 12.7. The van der Waals surface area contributed by atoms with Crippen LogP contribution in [0.5, 0.6) is 5.75 Å². The van der Waals surface area contributed by atoms with Crippen LogP contribution in [0.4, 0.5) is 0 Å². The molecular formula is C18H24N4O6. The number of nitrogens with zero attached hydrogens (tertiary/aromatic N) is 1. The standard InChI is InChI=1S/C18H24N4O6/c19-12(8-10-3-5-11(23)6-4-10)16(25)21-13(9-15(20)24)17(26)22-7-1-2-14(22)18(27)28/h3-6,12-14,23H,1-2,7-9,19H2,(H2,20,24)(H,21,25)(H,27,28)/t12-,13-,14+/m0/s1. The number of carbonyl (C=O) groups is 4. The summed E-state index contributed by atoms with van der Waals surface area (Å²) in [6.07, 6.45) is 0.503. The molecular weight excluding hydrogens is 368 g/mol. The monoisotopic (exact) mass is 392 g/mol. The Balaban J connectivity index is 2.06. The number of likely N-dealkylation sites (tertiary alicyclic amines) is 1. The molecule has 7 N–H and O–H groups in total. The number of carbonyl (C=O) groups excluding carboxylic acids is 3. The molecule has 0 radical (unpaired) electrons. The first-order valence-corrected chi connectivity index (χ1v) is 8.84. The van der Waals surface area contributed by atoms with Crippen molar-refractivity contribution in [3.63, 3.8) is 0 Å². The molecule has 10 heteroatoms. The Bertz CT molecular complexity index is 751. The van der Waals surface area contributed by atoms with Gasteiger partial charge in [0.15, 0.2) is 0 Å². The lowest BCUT2D eigenvalue weighted by atomic mass is 10.0. The second-order valence-corrected chi connectivity index (χ2v) is 6.74. The minimum atomic E-state index is -1.28. The zero-order valence-electron chi connectivity index (χ0n) is 15.2. The average Bonchev–Trinajstić information content (AvgIpc) is 3.12. The van der Waals surface area contributed by atoms with Gasteiger partial charge in [0.1, 0.15) is 17.8 Å². The van der Waals surface area contributed by atoms with E-state index in [0.717, 1.165) is 4.90 Å². The largest absolute Gasteiger partial charge is 0.508 e. The van der Waals surface area contributed by atoms with Gasteiger partial charge in [-0.15, -0.1) is 0 Å². The number of phenolic OH excluding ortho intramolecular Hbond substituents is 1. The zero-order chi connectivity index (χ0) is 20.8. The summed E-state index contributed by atoms with van der Waals surface area (Å²) < 4.78 is 0. The second-order valence-electron chi connectivity index (χ2n) is 6.74. The molecule has 0 bridgehead atoms. The van der Waals surface area contributed by atoms with Crippen molar-refractivity contribution in [2.24, 2.45) is 11.5 Å². The minimum Gasteiger partial charge on any atom is -0.508 e. The molecule has 1 aromatic carbocycles. The molecule has 1 aliphatic rings. The highest BCUT2D eigenvalue weighted by molar-refractivity contribution is 5.94. The number of rotatable bonds is 8. The Morgan fingerprint density at radius 1 is 1.21 bits per heavy atom. The van der Waals surface area contributed by atoms with Gasteiger partial charge in [-0.2, -0.15) is 0 Å². The van der Waals surface area contributed by atoms with Crippen molar-refractivity contribution in [2.75, 3.05) is 6.54 Å². The molecule has 3 amide bonds. The number of nitrogens with two attached hydrogens (primary N) is 2. The molecule has 1 fully saturated rings. The molecule has 1 aliphatic heterocycles. The Hall–Kier alpha value is -3.14. The van der Waals surface area contributed by atoms with E-state index >= 15 is 0 Å². The molecule has 0 aromatic heterocycles. The predicted octanol–water partition coefficient (Wildman–Crippen LogP) is -1.30. The maximum atomic E-state index is 12.7. The topological polar surface area (TPSA) is 176 Å². The Morgan fingerprint density at radius 2 is 1.86 bits per heavy atom. The van der Waals surface area contributed by atoms with Crippen molar-refractivity contribution in [3.8, 4) is 5.75 Å². The highest BCUT2D eigenvalue weighted by atomic mass is 16.4. The van der Waals surface area contributed by atoms with E-state index in [-0.39, 0.29) is 18.7 Å². The van der Waals surface area contributed by atoms with Gasteiger partial charge in [-0.05, 0) is 37.0 Å². The summed E-state index contributed by atoms with van der Waals surface area (Å²) in [7, 11) is 0. The van der Waals surface area contributed by atoms with Crippen LogP contribution in [0.15, 0.2) is 24.3 Å². The molecule has 28 heavy (non-hydrogen) atoms. The summed E-state index contributed by atoms with van der Waals surface area (Å²) in [6, 6.07) is 2.84. The fourth-order valence-corrected chi connectivity index (χ4v) is 3.15. The molecule has 0 saturated carbocycles. The number of hydrogen-bond donors (Lipinski definition) is 5. The molecule has 2 rings (SSSR count). The normalized spacial score (nSPS) is 18.3. The summed E-state index contributed by atoms with van der Waals surface area (Å²) in [4.78, 5) is 48.9. The summed E-state index contributed by atoms with van der Waals surface area (Å²) in [5.41, 5.74) is 11.8. The van der Waals surface area contributed by atoms with Crippen LogP contribution in [-0.4, -0.2) is 63.5 Å². The maximum Gasteiger partial charge on any atom is 0.326 e. The zero-order valence-corrected chi connectivity index (χ0v) is 15.2. The van der Waals surface area contributed by atoms with Crippen LogP contribution in [0, 0.1) is 0 Å². The molecule has 152 valence electrons. The Morgan fingerprint density at radius 3 is 2.43 bits per heavy atom. The van der Waals surface area contributed by atoms with E-state index < -0.39 is 48.2 Å². The van der Waals surface area contributed by atoms with Crippen molar-refractivity contribution in [2.45, 2.75) is 43.8 Å². The third-order valence-corrected chi connectivity index (χ3v) is 4.57. The van der Waals surface area contributed by atoms with Gasteiger partial charge < -0.3 is 31.9 Å². The van der Waals surface area contributed by atoms with Crippen LogP contribution in [0.1, 0.15) is 24.8 Å². The van der Waals surface area contributed by atoms with E-state index in [4.69, 9.17) is 11.5 Å². The predicted molar refractivity (Wildman–Crippen MR) is 97.9 cm³/mol. The number of benzene rings is 1. The quantitative estimate of drug-likeness (QED) is 0.365. The smallest absolute Gasteiger partial charge is 0.326 e. The van der Waals surface area contributed by atoms with Crippen molar-refractivity contribution >= 4 is 23.7 Å². The highest BCUT2D eigenvalue weighted by Gasteiger charge is 2.38. The van der Waals surface area contributed by atoms with E-state index in [9.17, 15) is 29.4 Å². The summed E-state index contributed by atoms with van der Waals surface area (Å²) in [5.74, 6) is -3.21. The molecule has 3 atom stereocenters. The number of primary amides is 1. The van der Waals surface area contributed by atoms with E-state index in [0.29, 0.717) is 18.4 Å². The number of carboxylic acid groups (broad SMARTS) is 1. The summed E-state index contributed by atoms with van der Waals surface area (Å²) in [5, 5.41) is 20.9. The molecule has 1 saturated heterocycles. The van der Waals surface area contributed by atoms with Gasteiger partial charge in [-0.1, -0.05) is 12.1 Å².